The van der Waals surface area contributed by atoms with Gasteiger partial charge in [0.15, 0.2) is 0 Å². The number of carboxylic acids is 1. The third kappa shape index (κ3) is 4.69. The first kappa shape index (κ1) is 13.8. The number of urea groups is 1. The number of carbonyl (C=O) groups is 2. The fourth-order valence-electron chi connectivity index (χ4n) is 1.21. The maximum absolute atomic E-state index is 11.3. The molecule has 0 heterocycles. The lowest BCUT2D eigenvalue weighted by Crippen LogP contribution is -2.31. The van der Waals surface area contributed by atoms with Crippen LogP contribution in [0, 0.1) is 0 Å². The Kier molecular flexibility index (Phi) is 4.92. The Bertz CT molecular complexity index is 460. The van der Waals surface area contributed by atoms with E-state index in [9.17, 15) is 9.59 Å². The average Bonchev–Trinajstić information content (AvgIpc) is 2.34. The molecule has 18 heavy (non-hydrogen) atoms. The first-order chi connectivity index (χ1) is 8.49. The Hall–Kier alpha value is -2.30. The molecule has 2 amide bonds. The molecule has 0 atom stereocenters. The summed E-state index contributed by atoms with van der Waals surface area (Å²) in [4.78, 5) is 22.0. The summed E-state index contributed by atoms with van der Waals surface area (Å²) in [6.45, 7) is 4.11. The van der Waals surface area contributed by atoms with Gasteiger partial charge in [0, 0.05) is 12.7 Å². The van der Waals surface area contributed by atoms with Crippen LogP contribution in [-0.4, -0.2) is 17.1 Å². The quantitative estimate of drug-likeness (QED) is 0.763. The van der Waals surface area contributed by atoms with Gasteiger partial charge in [-0.05, 0) is 31.5 Å². The van der Waals surface area contributed by atoms with E-state index >= 15 is 0 Å². The molecule has 96 valence electrons. The maximum Gasteiger partial charge on any atom is 0.335 e. The van der Waals surface area contributed by atoms with E-state index in [1.165, 1.54) is 12.1 Å². The van der Waals surface area contributed by atoms with E-state index in [2.05, 4.69) is 10.6 Å². The van der Waals surface area contributed by atoms with Gasteiger partial charge in [-0.15, -0.1) is 0 Å². The molecule has 0 unspecified atom stereocenters. The normalized spacial score (nSPS) is 9.44. The van der Waals surface area contributed by atoms with Crippen molar-refractivity contribution in [1.29, 1.82) is 0 Å². The summed E-state index contributed by atoms with van der Waals surface area (Å²) in [5.74, 6) is -0.962. The van der Waals surface area contributed by atoms with E-state index in [0.29, 0.717) is 6.54 Å². The van der Waals surface area contributed by atoms with Crippen molar-refractivity contribution in [2.45, 2.75) is 20.4 Å². The molecule has 0 fully saturated rings. The molecule has 0 saturated heterocycles. The van der Waals surface area contributed by atoms with Crippen molar-refractivity contribution in [3.8, 4) is 0 Å². The van der Waals surface area contributed by atoms with Crippen molar-refractivity contribution in [2.75, 3.05) is 0 Å². The summed E-state index contributed by atoms with van der Waals surface area (Å²) in [5.41, 5.74) is 2.07. The molecule has 0 radical (unpaired) electrons. The van der Waals surface area contributed by atoms with Gasteiger partial charge in [0.2, 0.25) is 0 Å². The smallest absolute Gasteiger partial charge is 0.335 e. The van der Waals surface area contributed by atoms with Gasteiger partial charge in [-0.2, -0.15) is 0 Å². The molecule has 5 nitrogen and oxygen atoms in total. The van der Waals surface area contributed by atoms with E-state index in [4.69, 9.17) is 5.11 Å². The van der Waals surface area contributed by atoms with E-state index < -0.39 is 5.97 Å². The van der Waals surface area contributed by atoms with Crippen LogP contribution in [0.25, 0.3) is 0 Å². The van der Waals surface area contributed by atoms with Crippen LogP contribution in [0.5, 0.6) is 0 Å². The third-order valence-corrected chi connectivity index (χ3v) is 2.15. The highest BCUT2D eigenvalue weighted by Gasteiger charge is 2.02. The van der Waals surface area contributed by atoms with Crippen LogP contribution >= 0.6 is 0 Å². The molecule has 1 aromatic rings. The molecule has 1 aromatic carbocycles. The summed E-state index contributed by atoms with van der Waals surface area (Å²) >= 11 is 0. The standard InChI is InChI=1S/C13H16N2O3/c1-9(2)7-14-13(18)15-8-10-3-5-11(6-4-10)12(16)17/h3-7H,8H2,1-2H3,(H,16,17)(H2,14,15,18). The number of carboxylic acid groups (broad SMARTS) is 1. The zero-order valence-electron chi connectivity index (χ0n) is 10.4. The van der Waals surface area contributed by atoms with E-state index in [0.717, 1.165) is 11.1 Å². The fourth-order valence-corrected chi connectivity index (χ4v) is 1.21. The van der Waals surface area contributed by atoms with Gasteiger partial charge in [-0.25, -0.2) is 9.59 Å². The lowest BCUT2D eigenvalue weighted by molar-refractivity contribution is 0.0697. The number of carbonyl (C=O) groups excluding carboxylic acids is 1. The molecule has 0 aromatic heterocycles. The molecule has 0 bridgehead atoms. The first-order valence-corrected chi connectivity index (χ1v) is 5.49. The molecule has 0 aliphatic heterocycles. The van der Waals surface area contributed by atoms with Crippen LogP contribution in [0.3, 0.4) is 0 Å². The summed E-state index contributed by atoms with van der Waals surface area (Å²) in [5, 5.41) is 14.0. The average molecular weight is 248 g/mol. The van der Waals surface area contributed by atoms with Gasteiger partial charge in [-0.1, -0.05) is 17.7 Å². The van der Waals surface area contributed by atoms with Crippen molar-refractivity contribution < 1.29 is 14.7 Å². The summed E-state index contributed by atoms with van der Waals surface area (Å²) in [6, 6.07) is 6.06. The number of hydrogen-bond acceptors (Lipinski definition) is 2. The SMILES string of the molecule is CC(C)=CNC(=O)NCc1ccc(C(=O)O)cc1. The second-order valence-electron chi connectivity index (χ2n) is 4.05. The summed E-state index contributed by atoms with van der Waals surface area (Å²) < 4.78 is 0. The second kappa shape index (κ2) is 6.44. The van der Waals surface area contributed by atoms with Gasteiger partial charge in [0.1, 0.15) is 0 Å². The second-order valence-corrected chi connectivity index (χ2v) is 4.05. The summed E-state index contributed by atoms with van der Waals surface area (Å²) in [7, 11) is 0. The molecule has 3 N–H and O–H groups in total. The van der Waals surface area contributed by atoms with Crippen LogP contribution < -0.4 is 10.6 Å². The fraction of sp³-hybridized carbons (Fsp3) is 0.231. The molecule has 0 aliphatic rings. The number of benzene rings is 1. The van der Waals surface area contributed by atoms with Crippen molar-refractivity contribution in [2.24, 2.45) is 0 Å². The highest BCUT2D eigenvalue weighted by Crippen LogP contribution is 2.04. The number of nitrogens with one attached hydrogen (secondary N) is 2. The molecule has 5 heteroatoms. The topological polar surface area (TPSA) is 78.4 Å². The first-order valence-electron chi connectivity index (χ1n) is 5.49. The Balaban J connectivity index is 2.46. The third-order valence-electron chi connectivity index (χ3n) is 2.15. The van der Waals surface area contributed by atoms with Crippen molar-refractivity contribution in [3.63, 3.8) is 0 Å². The van der Waals surface area contributed by atoms with Crippen LogP contribution in [0.1, 0.15) is 29.8 Å². The number of hydrogen-bond donors (Lipinski definition) is 3. The Morgan fingerprint density at radius 1 is 1.22 bits per heavy atom. The van der Waals surface area contributed by atoms with Crippen molar-refractivity contribution in [3.05, 3.63) is 47.2 Å². The van der Waals surface area contributed by atoms with E-state index in [1.807, 2.05) is 13.8 Å². The number of amides is 2. The van der Waals surface area contributed by atoms with Crippen LogP contribution in [0.4, 0.5) is 4.79 Å². The predicted octanol–water partition coefficient (Wildman–Crippen LogP) is 2.11. The molecule has 0 aliphatic carbocycles. The van der Waals surface area contributed by atoms with Gasteiger partial charge < -0.3 is 15.7 Å². The van der Waals surface area contributed by atoms with E-state index in [-0.39, 0.29) is 11.6 Å². The largest absolute Gasteiger partial charge is 0.478 e. The molecule has 0 saturated carbocycles. The molecular formula is C13H16N2O3. The molecule has 0 spiro atoms. The lowest BCUT2D eigenvalue weighted by Gasteiger charge is -2.05. The van der Waals surface area contributed by atoms with Gasteiger partial charge in [-0.3, -0.25) is 0 Å². The Labute approximate surface area is 106 Å². The van der Waals surface area contributed by atoms with E-state index in [1.54, 1.807) is 18.3 Å². The monoisotopic (exact) mass is 248 g/mol. The van der Waals surface area contributed by atoms with Crippen LogP contribution in [0.15, 0.2) is 36.0 Å². The molecule has 1 rings (SSSR count). The summed E-state index contributed by atoms with van der Waals surface area (Å²) in [6.07, 6.45) is 1.61. The lowest BCUT2D eigenvalue weighted by atomic mass is 10.1. The highest BCUT2D eigenvalue weighted by atomic mass is 16.4. The number of rotatable bonds is 4. The number of aromatic carboxylic acids is 1. The zero-order valence-corrected chi connectivity index (χ0v) is 10.4. The Morgan fingerprint density at radius 2 is 1.83 bits per heavy atom. The van der Waals surface area contributed by atoms with Crippen LogP contribution in [0.2, 0.25) is 0 Å². The zero-order chi connectivity index (χ0) is 13.5. The highest BCUT2D eigenvalue weighted by molar-refractivity contribution is 5.87. The van der Waals surface area contributed by atoms with Gasteiger partial charge in [0.05, 0.1) is 5.56 Å². The van der Waals surface area contributed by atoms with Gasteiger partial charge >= 0.3 is 12.0 Å². The predicted molar refractivity (Wildman–Crippen MR) is 68.2 cm³/mol. The minimum atomic E-state index is -0.962. The Morgan fingerprint density at radius 3 is 2.33 bits per heavy atom. The van der Waals surface area contributed by atoms with Crippen LogP contribution in [-0.2, 0) is 6.54 Å². The minimum Gasteiger partial charge on any atom is -0.478 e. The van der Waals surface area contributed by atoms with Gasteiger partial charge in [0.25, 0.3) is 0 Å². The maximum atomic E-state index is 11.3. The molecular weight excluding hydrogens is 232 g/mol. The number of allylic oxidation sites excluding steroid dienone is 1. The minimum absolute atomic E-state index is 0.229. The van der Waals surface area contributed by atoms with Crippen molar-refractivity contribution >= 4 is 12.0 Å². The van der Waals surface area contributed by atoms with Crippen molar-refractivity contribution in [1.82, 2.24) is 10.6 Å².